The van der Waals surface area contributed by atoms with Gasteiger partial charge < -0.3 is 9.47 Å². The molecule has 1 aliphatic rings. The molecule has 0 bridgehead atoms. The Labute approximate surface area is 89.3 Å². The average molecular weight is 215 g/mol. The standard InChI is InChI=1S/C10H17NO4/c1-3-14-9(12)5-6-11-7-8(11)10(13)15-4-2/h8H,3-7H2,1-2H3/t8-,11?/m1/s1. The molecule has 1 aliphatic heterocycles. The van der Waals surface area contributed by atoms with Crippen LogP contribution in [0.25, 0.3) is 0 Å². The van der Waals surface area contributed by atoms with Crippen LogP contribution < -0.4 is 0 Å². The highest BCUT2D eigenvalue weighted by atomic mass is 16.5. The zero-order valence-electron chi connectivity index (χ0n) is 9.19. The summed E-state index contributed by atoms with van der Waals surface area (Å²) in [7, 11) is 0. The van der Waals surface area contributed by atoms with Crippen molar-refractivity contribution < 1.29 is 19.1 Å². The monoisotopic (exact) mass is 215 g/mol. The second-order valence-electron chi connectivity index (χ2n) is 3.32. The fourth-order valence-corrected chi connectivity index (χ4v) is 1.35. The molecule has 0 saturated carbocycles. The van der Waals surface area contributed by atoms with Crippen LogP contribution in [-0.4, -0.2) is 49.2 Å². The molecule has 1 fully saturated rings. The van der Waals surface area contributed by atoms with Gasteiger partial charge in [-0.3, -0.25) is 14.5 Å². The van der Waals surface area contributed by atoms with E-state index in [1.54, 1.807) is 13.8 Å². The Morgan fingerprint density at radius 1 is 1.27 bits per heavy atom. The number of hydrogen-bond donors (Lipinski definition) is 0. The zero-order valence-corrected chi connectivity index (χ0v) is 9.19. The summed E-state index contributed by atoms with van der Waals surface area (Å²) < 4.78 is 9.64. The fourth-order valence-electron chi connectivity index (χ4n) is 1.35. The third-order valence-corrected chi connectivity index (χ3v) is 2.18. The molecule has 0 radical (unpaired) electrons. The van der Waals surface area contributed by atoms with E-state index in [0.29, 0.717) is 32.7 Å². The molecule has 1 heterocycles. The summed E-state index contributed by atoms with van der Waals surface area (Å²) in [5.74, 6) is -0.409. The summed E-state index contributed by atoms with van der Waals surface area (Å²) in [6.45, 7) is 5.63. The molecule has 0 aliphatic carbocycles. The zero-order chi connectivity index (χ0) is 11.3. The van der Waals surface area contributed by atoms with E-state index in [1.807, 2.05) is 4.90 Å². The van der Waals surface area contributed by atoms with Gasteiger partial charge in [0.15, 0.2) is 0 Å². The first kappa shape index (κ1) is 12.0. The number of nitrogens with zero attached hydrogens (tertiary/aromatic N) is 1. The van der Waals surface area contributed by atoms with Crippen molar-refractivity contribution in [3.8, 4) is 0 Å². The number of rotatable bonds is 6. The summed E-state index contributed by atoms with van der Waals surface area (Å²) in [6.07, 6.45) is 0.337. The molecular formula is C10H17NO4. The van der Waals surface area contributed by atoms with Crippen molar-refractivity contribution in [2.75, 3.05) is 26.3 Å². The topological polar surface area (TPSA) is 55.6 Å². The minimum Gasteiger partial charge on any atom is -0.466 e. The molecule has 0 spiro atoms. The van der Waals surface area contributed by atoms with E-state index in [-0.39, 0.29) is 18.0 Å². The van der Waals surface area contributed by atoms with E-state index in [2.05, 4.69) is 0 Å². The second kappa shape index (κ2) is 5.70. The number of esters is 2. The molecule has 2 atom stereocenters. The van der Waals surface area contributed by atoms with Gasteiger partial charge in [0, 0.05) is 13.1 Å². The molecule has 0 aromatic carbocycles. The molecule has 0 N–H and O–H groups in total. The van der Waals surface area contributed by atoms with Crippen LogP contribution in [0, 0.1) is 0 Å². The predicted octanol–water partition coefficient (Wildman–Crippen LogP) is 0.187. The van der Waals surface area contributed by atoms with Crippen LogP contribution in [-0.2, 0) is 19.1 Å². The summed E-state index contributed by atoms with van der Waals surface area (Å²) >= 11 is 0. The molecule has 5 nitrogen and oxygen atoms in total. The minimum atomic E-state index is -0.216. The summed E-state index contributed by atoms with van der Waals surface area (Å²) in [6, 6.07) is -0.139. The van der Waals surface area contributed by atoms with Crippen molar-refractivity contribution in [1.82, 2.24) is 4.90 Å². The fraction of sp³-hybridized carbons (Fsp3) is 0.800. The molecule has 86 valence electrons. The summed E-state index contributed by atoms with van der Waals surface area (Å²) in [5.41, 5.74) is 0. The lowest BCUT2D eigenvalue weighted by molar-refractivity contribution is -0.145. The van der Waals surface area contributed by atoms with Gasteiger partial charge in [0.25, 0.3) is 0 Å². The number of carbonyl (C=O) groups is 2. The van der Waals surface area contributed by atoms with Crippen molar-refractivity contribution in [3.05, 3.63) is 0 Å². The molecule has 1 unspecified atom stereocenters. The van der Waals surface area contributed by atoms with Gasteiger partial charge in [-0.15, -0.1) is 0 Å². The molecule has 0 amide bonds. The van der Waals surface area contributed by atoms with E-state index in [4.69, 9.17) is 9.47 Å². The van der Waals surface area contributed by atoms with Gasteiger partial charge in [-0.2, -0.15) is 0 Å². The van der Waals surface area contributed by atoms with Crippen molar-refractivity contribution in [3.63, 3.8) is 0 Å². The molecule has 15 heavy (non-hydrogen) atoms. The van der Waals surface area contributed by atoms with Gasteiger partial charge in [-0.25, -0.2) is 0 Å². The number of carbonyl (C=O) groups excluding carboxylic acids is 2. The van der Waals surface area contributed by atoms with Gasteiger partial charge in [0.2, 0.25) is 0 Å². The van der Waals surface area contributed by atoms with Gasteiger partial charge in [0.1, 0.15) is 6.04 Å². The highest BCUT2D eigenvalue weighted by Crippen LogP contribution is 2.18. The largest absolute Gasteiger partial charge is 0.466 e. The molecule has 5 heteroatoms. The van der Waals surface area contributed by atoms with Crippen LogP contribution in [0.15, 0.2) is 0 Å². The molecule has 1 rings (SSSR count). The molecular weight excluding hydrogens is 198 g/mol. The third kappa shape index (κ3) is 3.87. The Bertz CT molecular complexity index is 242. The lowest BCUT2D eigenvalue weighted by atomic mass is 10.4. The summed E-state index contributed by atoms with van der Waals surface area (Å²) in [4.78, 5) is 24.1. The minimum absolute atomic E-state index is 0.139. The van der Waals surface area contributed by atoms with Crippen LogP contribution in [0.3, 0.4) is 0 Å². The molecule has 1 saturated heterocycles. The Kier molecular flexibility index (Phi) is 4.55. The third-order valence-electron chi connectivity index (χ3n) is 2.18. The normalized spacial score (nSPS) is 23.3. The van der Waals surface area contributed by atoms with E-state index in [0.717, 1.165) is 0 Å². The van der Waals surface area contributed by atoms with Gasteiger partial charge in [-0.05, 0) is 13.8 Å². The Morgan fingerprint density at radius 3 is 2.53 bits per heavy atom. The Hall–Kier alpha value is -1.10. The maximum atomic E-state index is 11.2. The quantitative estimate of drug-likeness (QED) is 0.467. The Morgan fingerprint density at radius 2 is 1.93 bits per heavy atom. The second-order valence-corrected chi connectivity index (χ2v) is 3.32. The SMILES string of the molecule is CCOC(=O)CCN1C[C@@H]1C(=O)OCC. The van der Waals surface area contributed by atoms with Gasteiger partial charge in [-0.1, -0.05) is 0 Å². The van der Waals surface area contributed by atoms with Gasteiger partial charge in [0.05, 0.1) is 19.6 Å². The lowest BCUT2D eigenvalue weighted by Crippen LogP contribution is -2.18. The van der Waals surface area contributed by atoms with Crippen molar-refractivity contribution >= 4 is 11.9 Å². The van der Waals surface area contributed by atoms with Crippen LogP contribution in [0.1, 0.15) is 20.3 Å². The van der Waals surface area contributed by atoms with Crippen LogP contribution >= 0.6 is 0 Å². The van der Waals surface area contributed by atoms with Crippen LogP contribution in [0.5, 0.6) is 0 Å². The maximum absolute atomic E-state index is 11.2. The van der Waals surface area contributed by atoms with Crippen molar-refractivity contribution in [2.24, 2.45) is 0 Å². The smallest absolute Gasteiger partial charge is 0.324 e. The maximum Gasteiger partial charge on any atom is 0.324 e. The first-order valence-electron chi connectivity index (χ1n) is 5.25. The highest BCUT2D eigenvalue weighted by molar-refractivity contribution is 5.79. The van der Waals surface area contributed by atoms with E-state index in [1.165, 1.54) is 0 Å². The van der Waals surface area contributed by atoms with E-state index < -0.39 is 0 Å². The van der Waals surface area contributed by atoms with Crippen LogP contribution in [0.4, 0.5) is 0 Å². The first-order chi connectivity index (χ1) is 7.19. The van der Waals surface area contributed by atoms with E-state index >= 15 is 0 Å². The predicted molar refractivity (Wildman–Crippen MR) is 53.2 cm³/mol. The van der Waals surface area contributed by atoms with Crippen molar-refractivity contribution in [1.29, 1.82) is 0 Å². The van der Waals surface area contributed by atoms with E-state index in [9.17, 15) is 9.59 Å². The summed E-state index contributed by atoms with van der Waals surface area (Å²) in [5, 5.41) is 0. The molecule has 0 aromatic heterocycles. The van der Waals surface area contributed by atoms with Crippen LogP contribution in [0.2, 0.25) is 0 Å². The first-order valence-corrected chi connectivity index (χ1v) is 5.25. The highest BCUT2D eigenvalue weighted by Gasteiger charge is 2.41. The average Bonchev–Trinajstić information content (AvgIpc) is 2.95. The van der Waals surface area contributed by atoms with Crippen molar-refractivity contribution in [2.45, 2.75) is 26.3 Å². The molecule has 0 aromatic rings. The number of ether oxygens (including phenoxy) is 2. The van der Waals surface area contributed by atoms with Gasteiger partial charge >= 0.3 is 11.9 Å². The Balaban J connectivity index is 2.11. The number of hydrogen-bond acceptors (Lipinski definition) is 5. The lowest BCUT2D eigenvalue weighted by Gasteiger charge is -2.03.